The number of piperazine rings is 1. The summed E-state index contributed by atoms with van der Waals surface area (Å²) in [5.74, 6) is 1.77. The third-order valence-electron chi connectivity index (χ3n) is 6.32. The summed E-state index contributed by atoms with van der Waals surface area (Å²) >= 11 is 0. The molecule has 1 aliphatic heterocycles. The van der Waals surface area contributed by atoms with Crippen LogP contribution in [-0.4, -0.2) is 44.7 Å². The number of methoxy groups -OCH3 is 1. The molecule has 1 fully saturated rings. The first-order valence-corrected chi connectivity index (χ1v) is 10.5. The van der Waals surface area contributed by atoms with Gasteiger partial charge in [-0.15, -0.1) is 0 Å². The molecule has 0 bridgehead atoms. The Bertz CT molecular complexity index is 737. The molecule has 1 saturated heterocycles. The van der Waals surface area contributed by atoms with Crippen LogP contribution in [0.4, 0.5) is 5.69 Å². The zero-order valence-electron chi connectivity index (χ0n) is 16.6. The number of hydrogen-bond donors (Lipinski definition) is 0. The van der Waals surface area contributed by atoms with E-state index in [2.05, 4.69) is 52.3 Å². The van der Waals surface area contributed by atoms with Gasteiger partial charge in [-0.05, 0) is 67.8 Å². The maximum atomic E-state index is 5.53. The highest BCUT2D eigenvalue weighted by molar-refractivity contribution is 5.58. The van der Waals surface area contributed by atoms with Crippen LogP contribution < -0.4 is 9.64 Å². The molecule has 1 atom stereocenters. The Hall–Kier alpha value is -2.00. The van der Waals surface area contributed by atoms with Crippen molar-refractivity contribution in [3.63, 3.8) is 0 Å². The van der Waals surface area contributed by atoms with Crippen molar-refractivity contribution in [3.05, 3.63) is 59.7 Å². The van der Waals surface area contributed by atoms with Crippen LogP contribution in [-0.2, 0) is 6.42 Å². The van der Waals surface area contributed by atoms with Crippen molar-refractivity contribution in [1.82, 2.24) is 4.90 Å². The van der Waals surface area contributed by atoms with Gasteiger partial charge in [-0.1, -0.05) is 36.4 Å². The van der Waals surface area contributed by atoms with E-state index in [-0.39, 0.29) is 0 Å². The normalized spacial score (nSPS) is 20.3. The number of para-hydroxylation sites is 2. The smallest absolute Gasteiger partial charge is 0.142 e. The molecular weight excluding hydrogens is 332 g/mol. The highest BCUT2D eigenvalue weighted by Crippen LogP contribution is 2.34. The van der Waals surface area contributed by atoms with Crippen molar-refractivity contribution in [2.75, 3.05) is 44.7 Å². The van der Waals surface area contributed by atoms with Gasteiger partial charge in [0.2, 0.25) is 0 Å². The van der Waals surface area contributed by atoms with Crippen LogP contribution in [0, 0.1) is 0 Å². The third kappa shape index (κ3) is 4.30. The van der Waals surface area contributed by atoms with Gasteiger partial charge in [0.05, 0.1) is 12.8 Å². The predicted octanol–water partition coefficient (Wildman–Crippen LogP) is 4.72. The molecule has 0 radical (unpaired) electrons. The second-order valence-electron chi connectivity index (χ2n) is 7.93. The Balaban J connectivity index is 1.25. The van der Waals surface area contributed by atoms with Crippen LogP contribution in [0.1, 0.15) is 42.7 Å². The summed E-state index contributed by atoms with van der Waals surface area (Å²) in [6, 6.07) is 17.5. The summed E-state index contributed by atoms with van der Waals surface area (Å²) in [6.07, 6.45) is 6.66. The lowest BCUT2D eigenvalue weighted by molar-refractivity contribution is 0.248. The van der Waals surface area contributed by atoms with Crippen molar-refractivity contribution in [2.45, 2.75) is 38.0 Å². The van der Waals surface area contributed by atoms with Crippen LogP contribution in [0.25, 0.3) is 0 Å². The number of rotatable bonds is 6. The fourth-order valence-corrected chi connectivity index (χ4v) is 4.82. The maximum absolute atomic E-state index is 5.53. The minimum absolute atomic E-state index is 0.782. The predicted molar refractivity (Wildman–Crippen MR) is 113 cm³/mol. The number of aryl methyl sites for hydroxylation is 1. The maximum Gasteiger partial charge on any atom is 0.142 e. The molecule has 1 unspecified atom stereocenters. The number of anilines is 1. The molecule has 0 aromatic heterocycles. The fraction of sp³-hybridized carbons (Fsp3) is 0.500. The molecule has 2 aromatic rings. The highest BCUT2D eigenvalue weighted by atomic mass is 16.5. The summed E-state index contributed by atoms with van der Waals surface area (Å²) in [4.78, 5) is 5.10. The lowest BCUT2D eigenvalue weighted by Crippen LogP contribution is -2.46. The summed E-state index contributed by atoms with van der Waals surface area (Å²) in [5.41, 5.74) is 4.46. The average Bonchev–Trinajstić information content (AvgIpc) is 2.74. The minimum Gasteiger partial charge on any atom is -0.495 e. The molecule has 0 amide bonds. The van der Waals surface area contributed by atoms with Gasteiger partial charge < -0.3 is 9.64 Å². The van der Waals surface area contributed by atoms with Gasteiger partial charge in [-0.2, -0.15) is 0 Å². The van der Waals surface area contributed by atoms with E-state index < -0.39 is 0 Å². The Morgan fingerprint density at radius 2 is 1.74 bits per heavy atom. The van der Waals surface area contributed by atoms with Gasteiger partial charge in [-0.25, -0.2) is 0 Å². The van der Waals surface area contributed by atoms with Gasteiger partial charge in [-0.3, -0.25) is 4.90 Å². The molecule has 144 valence electrons. The third-order valence-corrected chi connectivity index (χ3v) is 6.32. The molecule has 3 nitrogen and oxygen atoms in total. The van der Waals surface area contributed by atoms with Crippen LogP contribution >= 0.6 is 0 Å². The molecule has 0 N–H and O–H groups in total. The topological polar surface area (TPSA) is 15.7 Å². The molecule has 1 heterocycles. The van der Waals surface area contributed by atoms with Gasteiger partial charge in [0, 0.05) is 26.2 Å². The molecule has 4 rings (SSSR count). The first-order valence-electron chi connectivity index (χ1n) is 10.5. The molecule has 2 aromatic carbocycles. The van der Waals surface area contributed by atoms with E-state index in [0.717, 1.165) is 37.8 Å². The largest absolute Gasteiger partial charge is 0.495 e. The highest BCUT2D eigenvalue weighted by Gasteiger charge is 2.22. The number of fused-ring (bicyclic) bond motifs is 1. The van der Waals surface area contributed by atoms with Crippen molar-refractivity contribution >= 4 is 5.69 Å². The van der Waals surface area contributed by atoms with E-state index in [1.165, 1.54) is 44.3 Å². The molecule has 0 spiro atoms. The quantitative estimate of drug-likeness (QED) is 0.738. The van der Waals surface area contributed by atoms with E-state index in [1.807, 2.05) is 6.07 Å². The Morgan fingerprint density at radius 3 is 2.59 bits per heavy atom. The molecular formula is C24H32N2O. The lowest BCUT2D eigenvalue weighted by atomic mass is 9.80. The van der Waals surface area contributed by atoms with Crippen molar-refractivity contribution in [2.24, 2.45) is 0 Å². The number of nitrogens with zero attached hydrogens (tertiary/aromatic N) is 2. The van der Waals surface area contributed by atoms with E-state index in [9.17, 15) is 0 Å². The van der Waals surface area contributed by atoms with Gasteiger partial charge in [0.1, 0.15) is 5.75 Å². The molecule has 2 aliphatic rings. The van der Waals surface area contributed by atoms with Gasteiger partial charge >= 0.3 is 0 Å². The van der Waals surface area contributed by atoms with Gasteiger partial charge in [0.15, 0.2) is 0 Å². The average molecular weight is 365 g/mol. The minimum atomic E-state index is 0.782. The first-order chi connectivity index (χ1) is 13.3. The summed E-state index contributed by atoms with van der Waals surface area (Å²) < 4.78 is 5.53. The van der Waals surface area contributed by atoms with Crippen molar-refractivity contribution < 1.29 is 4.74 Å². The SMILES string of the molecule is COc1ccccc1N1CCN(CCCC2CCCc3ccccc32)CC1. The first kappa shape index (κ1) is 18.4. The van der Waals surface area contributed by atoms with Crippen LogP contribution in [0.2, 0.25) is 0 Å². The van der Waals surface area contributed by atoms with Crippen molar-refractivity contribution in [3.8, 4) is 5.75 Å². The van der Waals surface area contributed by atoms with E-state index in [1.54, 1.807) is 18.2 Å². The Labute approximate surface area is 163 Å². The number of benzene rings is 2. The Morgan fingerprint density at radius 1 is 0.963 bits per heavy atom. The fourth-order valence-electron chi connectivity index (χ4n) is 4.82. The standard InChI is InChI=1S/C24H32N2O/c1-27-24-14-5-4-13-23(24)26-18-16-25(17-19-26)15-7-11-21-10-6-9-20-8-2-3-12-22(20)21/h2-5,8,12-14,21H,6-7,9-11,15-19H2,1H3. The second-order valence-corrected chi connectivity index (χ2v) is 7.93. The molecule has 0 saturated carbocycles. The van der Waals surface area contributed by atoms with E-state index >= 15 is 0 Å². The summed E-state index contributed by atoms with van der Waals surface area (Å²) in [7, 11) is 1.76. The summed E-state index contributed by atoms with van der Waals surface area (Å²) in [5, 5.41) is 0. The zero-order chi connectivity index (χ0) is 18.5. The van der Waals surface area contributed by atoms with E-state index in [4.69, 9.17) is 4.74 Å². The number of hydrogen-bond acceptors (Lipinski definition) is 3. The van der Waals surface area contributed by atoms with Crippen LogP contribution in [0.15, 0.2) is 48.5 Å². The van der Waals surface area contributed by atoms with Crippen LogP contribution in [0.5, 0.6) is 5.75 Å². The van der Waals surface area contributed by atoms with Gasteiger partial charge in [0.25, 0.3) is 0 Å². The molecule has 27 heavy (non-hydrogen) atoms. The number of ether oxygens (including phenoxy) is 1. The summed E-state index contributed by atoms with van der Waals surface area (Å²) in [6.45, 7) is 5.72. The molecule has 3 heteroatoms. The second kappa shape index (κ2) is 8.79. The molecule has 1 aliphatic carbocycles. The Kier molecular flexibility index (Phi) is 5.98. The van der Waals surface area contributed by atoms with E-state index in [0.29, 0.717) is 0 Å². The monoisotopic (exact) mass is 364 g/mol. The van der Waals surface area contributed by atoms with Crippen molar-refractivity contribution in [1.29, 1.82) is 0 Å². The lowest BCUT2D eigenvalue weighted by Gasteiger charge is -2.37. The zero-order valence-corrected chi connectivity index (χ0v) is 16.6. The van der Waals surface area contributed by atoms with Crippen LogP contribution in [0.3, 0.4) is 0 Å².